The molecule has 0 spiro atoms. The highest BCUT2D eigenvalue weighted by Gasteiger charge is 2.30. The van der Waals surface area contributed by atoms with Crippen LogP contribution in [0, 0.1) is 0 Å². The average molecular weight is 332 g/mol. The Morgan fingerprint density at radius 2 is 1.56 bits per heavy atom. The molecule has 25 heavy (non-hydrogen) atoms. The zero-order chi connectivity index (χ0) is 17.4. The van der Waals surface area contributed by atoms with Crippen LogP contribution in [0.3, 0.4) is 0 Å². The number of fused-ring (bicyclic) bond motifs is 3. The van der Waals surface area contributed by atoms with E-state index in [4.69, 9.17) is 0 Å². The lowest BCUT2D eigenvalue weighted by Gasteiger charge is -2.33. The largest absolute Gasteiger partial charge is 0.328 e. The monoisotopic (exact) mass is 332 g/mol. The van der Waals surface area contributed by atoms with Crippen molar-refractivity contribution < 1.29 is 0 Å². The van der Waals surface area contributed by atoms with Crippen molar-refractivity contribution in [3.8, 4) is 5.82 Å². The second-order valence-electron chi connectivity index (χ2n) is 7.40. The van der Waals surface area contributed by atoms with Crippen molar-refractivity contribution in [3.05, 3.63) is 77.2 Å². The van der Waals surface area contributed by atoms with Gasteiger partial charge < -0.3 is 9.13 Å². The summed E-state index contributed by atoms with van der Waals surface area (Å²) < 4.78 is 5.10. The van der Waals surface area contributed by atoms with Gasteiger partial charge in [-0.15, -0.1) is 0 Å². The Labute approximate surface area is 151 Å². The highest BCUT2D eigenvalue weighted by molar-refractivity contribution is 5.42. The molecule has 1 aromatic carbocycles. The van der Waals surface area contributed by atoms with E-state index in [9.17, 15) is 0 Å². The van der Waals surface area contributed by atoms with Crippen LogP contribution in [0.25, 0.3) is 5.82 Å². The fourth-order valence-electron chi connectivity index (χ4n) is 4.31. The van der Waals surface area contributed by atoms with E-state index in [2.05, 4.69) is 84.5 Å². The Morgan fingerprint density at radius 1 is 0.800 bits per heavy atom. The first-order valence-corrected chi connectivity index (χ1v) is 9.65. The number of rotatable bonds is 5. The second-order valence-corrected chi connectivity index (χ2v) is 7.40. The molecule has 0 N–H and O–H groups in total. The molecule has 2 heteroatoms. The van der Waals surface area contributed by atoms with Crippen LogP contribution in [-0.2, 0) is 19.3 Å². The van der Waals surface area contributed by atoms with Gasteiger partial charge in [0.1, 0.15) is 5.82 Å². The molecule has 1 aliphatic rings. The minimum absolute atomic E-state index is 0.524. The van der Waals surface area contributed by atoms with Gasteiger partial charge in [-0.2, -0.15) is 0 Å². The Balaban J connectivity index is 1.71. The van der Waals surface area contributed by atoms with E-state index in [1.807, 2.05) is 0 Å². The van der Waals surface area contributed by atoms with Crippen molar-refractivity contribution in [1.29, 1.82) is 0 Å². The molecule has 0 bridgehead atoms. The Morgan fingerprint density at radius 3 is 2.32 bits per heavy atom. The maximum Gasteiger partial charge on any atom is 0.117 e. The fourth-order valence-corrected chi connectivity index (χ4v) is 4.31. The van der Waals surface area contributed by atoms with Crippen molar-refractivity contribution >= 4 is 0 Å². The fraction of sp³-hybridized carbons (Fsp3) is 0.391. The van der Waals surface area contributed by atoms with Crippen molar-refractivity contribution in [1.82, 2.24) is 9.13 Å². The quantitative estimate of drug-likeness (QED) is 0.567. The maximum absolute atomic E-state index is 2.58. The average Bonchev–Trinajstić information content (AvgIpc) is 3.23. The SMILES string of the molecule is CCCc1ccc2n1[C@H](C)[C@@H](C)c1ccc(CCc3ccccc3)n1-2. The Kier molecular flexibility index (Phi) is 4.29. The van der Waals surface area contributed by atoms with Gasteiger partial charge in [0.15, 0.2) is 0 Å². The molecule has 0 saturated carbocycles. The molecule has 0 radical (unpaired) electrons. The van der Waals surface area contributed by atoms with E-state index >= 15 is 0 Å². The lowest BCUT2D eigenvalue weighted by atomic mass is 9.97. The lowest BCUT2D eigenvalue weighted by molar-refractivity contribution is 0.409. The van der Waals surface area contributed by atoms with Crippen LogP contribution in [0.2, 0.25) is 0 Å². The van der Waals surface area contributed by atoms with E-state index in [1.165, 1.54) is 34.9 Å². The molecule has 4 rings (SSSR count). The summed E-state index contributed by atoms with van der Waals surface area (Å²) in [6, 6.07) is 20.7. The van der Waals surface area contributed by atoms with Crippen LogP contribution >= 0.6 is 0 Å². The molecule has 0 saturated heterocycles. The van der Waals surface area contributed by atoms with E-state index in [0.717, 1.165) is 19.3 Å². The van der Waals surface area contributed by atoms with Gasteiger partial charge in [-0.1, -0.05) is 50.6 Å². The van der Waals surface area contributed by atoms with Gasteiger partial charge >= 0.3 is 0 Å². The molecule has 0 unspecified atom stereocenters. The molecule has 2 nitrogen and oxygen atoms in total. The third-order valence-corrected chi connectivity index (χ3v) is 5.82. The zero-order valence-electron chi connectivity index (χ0n) is 15.6. The van der Waals surface area contributed by atoms with Crippen molar-refractivity contribution in [3.63, 3.8) is 0 Å². The topological polar surface area (TPSA) is 9.86 Å². The van der Waals surface area contributed by atoms with Gasteiger partial charge in [-0.3, -0.25) is 0 Å². The summed E-state index contributed by atoms with van der Waals surface area (Å²) in [5.74, 6) is 1.90. The summed E-state index contributed by atoms with van der Waals surface area (Å²) in [5.41, 5.74) is 5.78. The van der Waals surface area contributed by atoms with Gasteiger partial charge in [0, 0.05) is 29.0 Å². The van der Waals surface area contributed by atoms with E-state index < -0.39 is 0 Å². The first-order chi connectivity index (χ1) is 12.2. The standard InChI is InChI=1S/C23H28N2/c1-4-8-20-14-16-23-24(20)18(3)17(2)22-15-13-21(25(22)23)12-11-19-9-6-5-7-10-19/h5-7,9-10,13-18H,4,8,11-12H2,1-3H3/t17-,18-/m1/s1. The highest BCUT2D eigenvalue weighted by Crippen LogP contribution is 2.40. The summed E-state index contributed by atoms with van der Waals surface area (Å²) >= 11 is 0. The molecule has 0 aliphatic carbocycles. The van der Waals surface area contributed by atoms with Gasteiger partial charge in [0.25, 0.3) is 0 Å². The second kappa shape index (κ2) is 6.59. The number of hydrogen-bond donors (Lipinski definition) is 0. The summed E-state index contributed by atoms with van der Waals surface area (Å²) in [6.45, 7) is 7.01. The molecule has 130 valence electrons. The predicted molar refractivity (Wildman–Crippen MR) is 105 cm³/mol. The normalized spacial score (nSPS) is 18.8. The molecule has 2 atom stereocenters. The van der Waals surface area contributed by atoms with Gasteiger partial charge in [-0.05, 0) is 56.0 Å². The summed E-state index contributed by atoms with van der Waals surface area (Å²) in [6.07, 6.45) is 4.53. The van der Waals surface area contributed by atoms with Crippen LogP contribution in [-0.4, -0.2) is 9.13 Å². The van der Waals surface area contributed by atoms with E-state index in [0.29, 0.717) is 12.0 Å². The number of nitrogens with zero attached hydrogens (tertiary/aromatic N) is 2. The number of benzene rings is 1. The summed E-state index contributed by atoms with van der Waals surface area (Å²) in [5, 5.41) is 0. The van der Waals surface area contributed by atoms with Gasteiger partial charge in [-0.25, -0.2) is 0 Å². The highest BCUT2D eigenvalue weighted by atomic mass is 15.2. The number of aryl methyl sites for hydroxylation is 3. The predicted octanol–water partition coefficient (Wildman–Crippen LogP) is 5.69. The smallest absolute Gasteiger partial charge is 0.117 e. The third-order valence-electron chi connectivity index (χ3n) is 5.82. The van der Waals surface area contributed by atoms with E-state index in [-0.39, 0.29) is 0 Å². The molecule has 0 fully saturated rings. The Hall–Kier alpha value is -2.22. The number of aromatic nitrogens is 2. The molecule has 1 aliphatic heterocycles. The van der Waals surface area contributed by atoms with Crippen LogP contribution < -0.4 is 0 Å². The van der Waals surface area contributed by atoms with Crippen molar-refractivity contribution in [2.45, 2.75) is 58.4 Å². The van der Waals surface area contributed by atoms with E-state index in [1.54, 1.807) is 0 Å². The van der Waals surface area contributed by atoms with Crippen LogP contribution in [0.1, 0.15) is 61.8 Å². The van der Waals surface area contributed by atoms with Crippen LogP contribution in [0.4, 0.5) is 0 Å². The zero-order valence-corrected chi connectivity index (χ0v) is 15.6. The Bertz CT molecular complexity index is 854. The molecular weight excluding hydrogens is 304 g/mol. The lowest BCUT2D eigenvalue weighted by Crippen LogP contribution is -2.26. The van der Waals surface area contributed by atoms with Gasteiger partial charge in [0.05, 0.1) is 0 Å². The van der Waals surface area contributed by atoms with Crippen LogP contribution in [0.15, 0.2) is 54.6 Å². The first kappa shape index (κ1) is 16.3. The van der Waals surface area contributed by atoms with Crippen molar-refractivity contribution in [2.75, 3.05) is 0 Å². The first-order valence-electron chi connectivity index (χ1n) is 9.65. The summed E-state index contributed by atoms with van der Waals surface area (Å²) in [4.78, 5) is 0. The van der Waals surface area contributed by atoms with Crippen LogP contribution in [0.5, 0.6) is 0 Å². The third kappa shape index (κ3) is 2.74. The number of hydrogen-bond acceptors (Lipinski definition) is 0. The minimum atomic E-state index is 0.524. The van der Waals surface area contributed by atoms with Gasteiger partial charge in [0.2, 0.25) is 0 Å². The minimum Gasteiger partial charge on any atom is -0.328 e. The molecule has 2 aromatic heterocycles. The van der Waals surface area contributed by atoms with Crippen molar-refractivity contribution in [2.24, 2.45) is 0 Å². The molecular formula is C23H28N2. The molecule has 3 aromatic rings. The molecule has 0 amide bonds. The summed E-state index contributed by atoms with van der Waals surface area (Å²) in [7, 11) is 0. The molecule has 3 heterocycles. The maximum atomic E-state index is 2.58.